The minimum atomic E-state index is -0.439. The van der Waals surface area contributed by atoms with Crippen LogP contribution in [0.15, 0.2) is 0 Å². The van der Waals surface area contributed by atoms with Crippen molar-refractivity contribution in [2.24, 2.45) is 5.73 Å². The average Bonchev–Trinajstić information content (AvgIpc) is 2.12. The zero-order chi connectivity index (χ0) is 9.56. The second-order valence-corrected chi connectivity index (χ2v) is 2.43. The van der Waals surface area contributed by atoms with Crippen molar-refractivity contribution in [3.05, 3.63) is 0 Å². The van der Waals surface area contributed by atoms with Gasteiger partial charge in [-0.25, -0.2) is 0 Å². The van der Waals surface area contributed by atoms with Crippen molar-refractivity contribution in [3.63, 3.8) is 0 Å². The highest BCUT2D eigenvalue weighted by Crippen LogP contribution is 2.00. The molecule has 1 amide bonds. The van der Waals surface area contributed by atoms with Crippen molar-refractivity contribution < 1.29 is 9.59 Å². The number of hydrogen-bond acceptors (Lipinski definition) is 3. The van der Waals surface area contributed by atoms with E-state index >= 15 is 0 Å². The average molecular weight is 171 g/mol. The van der Waals surface area contributed by atoms with Gasteiger partial charge in [-0.1, -0.05) is 6.92 Å². The molecule has 0 rings (SSSR count). The number of amides is 1. The van der Waals surface area contributed by atoms with Crippen molar-refractivity contribution in [2.75, 3.05) is 13.1 Å². The van der Waals surface area contributed by atoms with Crippen LogP contribution in [-0.2, 0) is 9.59 Å². The second kappa shape index (κ2) is 5.71. The Kier molecular flexibility index (Phi) is 5.28. The van der Waals surface area contributed by atoms with E-state index in [4.69, 9.17) is 5.73 Å². The van der Waals surface area contributed by atoms with Crippen LogP contribution >= 0.6 is 0 Å². The summed E-state index contributed by atoms with van der Waals surface area (Å²) in [5.74, 6) is -0.201. The van der Waals surface area contributed by atoms with E-state index in [2.05, 4.69) is 0 Å². The predicted molar refractivity (Wildman–Crippen MR) is 46.2 cm³/mol. The van der Waals surface area contributed by atoms with Gasteiger partial charge >= 0.3 is 0 Å². The SMILES string of the molecule is CC[C@@H]([C]=O)N(CC)C(=O)CN. The molecule has 12 heavy (non-hydrogen) atoms. The van der Waals surface area contributed by atoms with Gasteiger partial charge in [0.05, 0.1) is 12.6 Å². The molecule has 0 bridgehead atoms. The molecule has 0 fully saturated rings. The Morgan fingerprint density at radius 3 is 2.42 bits per heavy atom. The monoisotopic (exact) mass is 171 g/mol. The molecule has 0 aromatic carbocycles. The van der Waals surface area contributed by atoms with Crippen LogP contribution in [0.1, 0.15) is 20.3 Å². The van der Waals surface area contributed by atoms with E-state index in [1.54, 1.807) is 0 Å². The van der Waals surface area contributed by atoms with Crippen LogP contribution in [0.2, 0.25) is 0 Å². The fourth-order valence-corrected chi connectivity index (χ4v) is 1.06. The first-order chi connectivity index (χ1) is 5.71. The fourth-order valence-electron chi connectivity index (χ4n) is 1.06. The maximum absolute atomic E-state index is 11.1. The van der Waals surface area contributed by atoms with Crippen LogP contribution in [0, 0.1) is 0 Å². The molecule has 0 spiro atoms. The topological polar surface area (TPSA) is 63.4 Å². The molecular weight excluding hydrogens is 156 g/mol. The summed E-state index contributed by atoms with van der Waals surface area (Å²) in [6.45, 7) is 4.10. The summed E-state index contributed by atoms with van der Waals surface area (Å²) in [5.41, 5.74) is 5.17. The summed E-state index contributed by atoms with van der Waals surface area (Å²) in [6.07, 6.45) is 2.40. The molecule has 0 aromatic heterocycles. The first-order valence-corrected chi connectivity index (χ1v) is 4.08. The minimum absolute atomic E-state index is 0.0496. The third kappa shape index (κ3) is 2.62. The normalized spacial score (nSPS) is 12.2. The van der Waals surface area contributed by atoms with Crippen LogP contribution in [-0.4, -0.2) is 36.2 Å². The van der Waals surface area contributed by atoms with E-state index in [0.29, 0.717) is 13.0 Å². The Labute approximate surface area is 72.7 Å². The van der Waals surface area contributed by atoms with Gasteiger partial charge in [-0.2, -0.15) is 0 Å². The zero-order valence-electron chi connectivity index (χ0n) is 7.54. The lowest BCUT2D eigenvalue weighted by Gasteiger charge is -2.24. The van der Waals surface area contributed by atoms with Crippen molar-refractivity contribution in [3.8, 4) is 0 Å². The van der Waals surface area contributed by atoms with Crippen LogP contribution in [0.5, 0.6) is 0 Å². The number of carbonyl (C=O) groups is 1. The summed E-state index contributed by atoms with van der Waals surface area (Å²) in [7, 11) is 0. The first-order valence-electron chi connectivity index (χ1n) is 4.08. The van der Waals surface area contributed by atoms with E-state index in [0.717, 1.165) is 0 Å². The van der Waals surface area contributed by atoms with Gasteiger partial charge in [-0.15, -0.1) is 0 Å². The molecule has 0 unspecified atom stereocenters. The number of likely N-dealkylation sites (N-methyl/N-ethyl adjacent to an activating group) is 1. The van der Waals surface area contributed by atoms with Gasteiger partial charge < -0.3 is 10.6 Å². The van der Waals surface area contributed by atoms with Crippen LogP contribution in [0.25, 0.3) is 0 Å². The van der Waals surface area contributed by atoms with Gasteiger partial charge in [0.1, 0.15) is 0 Å². The maximum atomic E-state index is 11.1. The van der Waals surface area contributed by atoms with Crippen molar-refractivity contribution in [1.82, 2.24) is 4.90 Å². The minimum Gasteiger partial charge on any atom is -0.331 e. The molecule has 0 saturated carbocycles. The van der Waals surface area contributed by atoms with Gasteiger partial charge in [0.15, 0.2) is 0 Å². The van der Waals surface area contributed by atoms with E-state index in [-0.39, 0.29) is 12.5 Å². The molecule has 1 radical (unpaired) electrons. The zero-order valence-corrected chi connectivity index (χ0v) is 7.54. The number of nitrogens with zero attached hydrogens (tertiary/aromatic N) is 1. The smallest absolute Gasteiger partial charge is 0.236 e. The highest BCUT2D eigenvalue weighted by molar-refractivity contribution is 5.81. The van der Waals surface area contributed by atoms with E-state index in [1.807, 2.05) is 20.1 Å². The van der Waals surface area contributed by atoms with Crippen molar-refractivity contribution in [2.45, 2.75) is 26.3 Å². The Bertz CT molecular complexity index is 159. The van der Waals surface area contributed by atoms with Crippen LogP contribution < -0.4 is 5.73 Å². The van der Waals surface area contributed by atoms with Crippen molar-refractivity contribution in [1.29, 1.82) is 0 Å². The fraction of sp³-hybridized carbons (Fsp3) is 0.750. The Morgan fingerprint density at radius 2 is 2.17 bits per heavy atom. The standard InChI is InChI=1S/C8H15N2O2/c1-3-7(6-11)10(4-2)8(12)5-9/h7H,3-5,9H2,1-2H3/t7-/m0/s1. The highest BCUT2D eigenvalue weighted by atomic mass is 16.2. The van der Waals surface area contributed by atoms with Gasteiger partial charge in [-0.3, -0.25) is 9.59 Å². The molecule has 0 aliphatic heterocycles. The molecule has 0 saturated heterocycles. The molecule has 4 heteroatoms. The third-order valence-corrected chi connectivity index (χ3v) is 1.73. The lowest BCUT2D eigenvalue weighted by atomic mass is 10.2. The summed E-state index contributed by atoms with van der Waals surface area (Å²) >= 11 is 0. The number of hydrogen-bond donors (Lipinski definition) is 1. The van der Waals surface area contributed by atoms with Crippen LogP contribution in [0.4, 0.5) is 0 Å². The summed E-state index contributed by atoms with van der Waals surface area (Å²) in [6, 6.07) is -0.439. The number of nitrogens with two attached hydrogens (primary N) is 1. The molecule has 4 nitrogen and oxygen atoms in total. The number of carbonyl (C=O) groups excluding carboxylic acids is 2. The number of rotatable bonds is 5. The Hall–Kier alpha value is -0.900. The molecule has 0 aromatic rings. The summed E-state index contributed by atoms with van der Waals surface area (Å²) in [4.78, 5) is 23.0. The predicted octanol–water partition coefficient (Wildman–Crippen LogP) is -0.318. The van der Waals surface area contributed by atoms with Gasteiger partial charge in [0.25, 0.3) is 0 Å². The molecular formula is C8H15N2O2. The Morgan fingerprint density at radius 1 is 1.58 bits per heavy atom. The first kappa shape index (κ1) is 11.1. The summed E-state index contributed by atoms with van der Waals surface area (Å²) < 4.78 is 0. The Balaban J connectivity index is 4.29. The molecule has 0 heterocycles. The van der Waals surface area contributed by atoms with Crippen LogP contribution in [0.3, 0.4) is 0 Å². The second-order valence-electron chi connectivity index (χ2n) is 2.43. The highest BCUT2D eigenvalue weighted by Gasteiger charge is 2.19. The maximum Gasteiger partial charge on any atom is 0.236 e. The van der Waals surface area contributed by atoms with Gasteiger partial charge in [0.2, 0.25) is 12.2 Å². The van der Waals surface area contributed by atoms with Gasteiger partial charge in [0, 0.05) is 6.54 Å². The largest absolute Gasteiger partial charge is 0.331 e. The molecule has 2 N–H and O–H groups in total. The molecule has 1 atom stereocenters. The molecule has 0 aliphatic rings. The lowest BCUT2D eigenvalue weighted by Crippen LogP contribution is -2.43. The van der Waals surface area contributed by atoms with E-state index < -0.39 is 6.04 Å². The quantitative estimate of drug-likeness (QED) is 0.616. The van der Waals surface area contributed by atoms with Crippen molar-refractivity contribution >= 4 is 12.2 Å². The third-order valence-electron chi connectivity index (χ3n) is 1.73. The van der Waals surface area contributed by atoms with Gasteiger partial charge in [-0.05, 0) is 13.3 Å². The van der Waals surface area contributed by atoms with E-state index in [9.17, 15) is 9.59 Å². The molecule has 69 valence electrons. The van der Waals surface area contributed by atoms with E-state index in [1.165, 1.54) is 4.90 Å². The summed E-state index contributed by atoms with van der Waals surface area (Å²) in [5, 5.41) is 0. The lowest BCUT2D eigenvalue weighted by molar-refractivity contribution is -0.130. The molecule has 0 aliphatic carbocycles.